The summed E-state index contributed by atoms with van der Waals surface area (Å²) < 4.78 is 26.7. The molecule has 94 valence electrons. The molecule has 0 aliphatic carbocycles. The molecule has 2 heterocycles. The Bertz CT molecular complexity index is 697. The molecule has 0 fully saturated rings. The maximum Gasteiger partial charge on any atom is 0.275 e. The molecule has 2 aromatic rings. The van der Waals surface area contributed by atoms with E-state index in [0.29, 0.717) is 6.54 Å². The number of hydrogen-bond donors (Lipinski definition) is 0. The number of halogens is 1. The van der Waals surface area contributed by atoms with Crippen LogP contribution in [0.15, 0.2) is 34.7 Å². The standard InChI is InChI=1S/C11H9ClN2O2S2/c12-11-13-7-10(17-11)18(15,16)14-6-5-8-3-1-2-4-9(8)14/h1-4,7H,5-6H2. The highest BCUT2D eigenvalue weighted by Crippen LogP contribution is 2.34. The third-order valence-electron chi connectivity index (χ3n) is 2.85. The number of nitrogens with zero attached hydrogens (tertiary/aromatic N) is 2. The second kappa shape index (κ2) is 4.22. The molecule has 7 heteroatoms. The van der Waals surface area contributed by atoms with Gasteiger partial charge >= 0.3 is 0 Å². The minimum Gasteiger partial charge on any atom is -0.265 e. The van der Waals surface area contributed by atoms with E-state index in [-0.39, 0.29) is 8.68 Å². The highest BCUT2D eigenvalue weighted by atomic mass is 35.5. The molecule has 0 radical (unpaired) electrons. The summed E-state index contributed by atoms with van der Waals surface area (Å²) in [5.74, 6) is 0. The number of anilines is 1. The van der Waals surface area contributed by atoms with Gasteiger partial charge in [-0.2, -0.15) is 0 Å². The van der Waals surface area contributed by atoms with Crippen molar-refractivity contribution in [2.75, 3.05) is 10.8 Å². The van der Waals surface area contributed by atoms with E-state index in [1.165, 1.54) is 10.5 Å². The number of fused-ring (bicyclic) bond motifs is 1. The van der Waals surface area contributed by atoms with Gasteiger partial charge < -0.3 is 0 Å². The Labute approximate surface area is 114 Å². The smallest absolute Gasteiger partial charge is 0.265 e. The second-order valence-electron chi connectivity index (χ2n) is 3.89. The summed E-state index contributed by atoms with van der Waals surface area (Å²) in [6, 6.07) is 7.53. The van der Waals surface area contributed by atoms with Crippen molar-refractivity contribution in [2.45, 2.75) is 10.6 Å². The molecule has 0 N–H and O–H groups in total. The van der Waals surface area contributed by atoms with Crippen LogP contribution >= 0.6 is 22.9 Å². The molecule has 0 saturated carbocycles. The Morgan fingerprint density at radius 3 is 2.83 bits per heavy atom. The molecule has 1 aromatic carbocycles. The molecule has 1 aromatic heterocycles. The lowest BCUT2D eigenvalue weighted by Crippen LogP contribution is -2.28. The summed E-state index contributed by atoms with van der Waals surface area (Å²) in [6.07, 6.45) is 2.05. The number of rotatable bonds is 2. The first-order valence-corrected chi connectivity index (χ1v) is 7.94. The van der Waals surface area contributed by atoms with Crippen molar-refractivity contribution in [1.29, 1.82) is 0 Å². The van der Waals surface area contributed by atoms with E-state index in [1.807, 2.05) is 24.3 Å². The van der Waals surface area contributed by atoms with E-state index in [2.05, 4.69) is 4.98 Å². The summed E-state index contributed by atoms with van der Waals surface area (Å²) in [6.45, 7) is 0.469. The lowest BCUT2D eigenvalue weighted by molar-refractivity contribution is 0.594. The largest absolute Gasteiger partial charge is 0.275 e. The van der Waals surface area contributed by atoms with Gasteiger partial charge in [-0.1, -0.05) is 41.1 Å². The topological polar surface area (TPSA) is 50.3 Å². The summed E-state index contributed by atoms with van der Waals surface area (Å²) >= 11 is 6.68. The summed E-state index contributed by atoms with van der Waals surface area (Å²) in [5.41, 5.74) is 1.80. The molecule has 0 bridgehead atoms. The van der Waals surface area contributed by atoms with Gasteiger partial charge in [-0.3, -0.25) is 4.31 Å². The predicted molar refractivity (Wildman–Crippen MR) is 71.8 cm³/mol. The van der Waals surface area contributed by atoms with Crippen LogP contribution in [0.4, 0.5) is 5.69 Å². The van der Waals surface area contributed by atoms with E-state index in [4.69, 9.17) is 11.6 Å². The Morgan fingerprint density at radius 2 is 2.11 bits per heavy atom. The molecule has 0 atom stereocenters. The summed E-state index contributed by atoms with van der Waals surface area (Å²) in [5, 5.41) is 0. The van der Waals surface area contributed by atoms with Gasteiger partial charge in [0.2, 0.25) is 0 Å². The number of sulfonamides is 1. The maximum atomic E-state index is 12.4. The van der Waals surface area contributed by atoms with Gasteiger partial charge in [0.1, 0.15) is 0 Å². The average Bonchev–Trinajstić information content (AvgIpc) is 2.95. The first kappa shape index (κ1) is 12.0. The van der Waals surface area contributed by atoms with Crippen molar-refractivity contribution in [1.82, 2.24) is 4.98 Å². The van der Waals surface area contributed by atoms with E-state index < -0.39 is 10.0 Å². The fraction of sp³-hybridized carbons (Fsp3) is 0.182. The summed E-state index contributed by atoms with van der Waals surface area (Å²) in [4.78, 5) is 3.79. The molecule has 18 heavy (non-hydrogen) atoms. The third-order valence-corrected chi connectivity index (χ3v) is 6.21. The van der Waals surface area contributed by atoms with Gasteiger partial charge in [0, 0.05) is 6.54 Å². The van der Waals surface area contributed by atoms with Crippen LogP contribution in [0.1, 0.15) is 5.56 Å². The minimum absolute atomic E-state index is 0.184. The van der Waals surface area contributed by atoms with Gasteiger partial charge in [-0.25, -0.2) is 13.4 Å². The van der Waals surface area contributed by atoms with Crippen LogP contribution in [-0.2, 0) is 16.4 Å². The monoisotopic (exact) mass is 300 g/mol. The van der Waals surface area contributed by atoms with E-state index in [0.717, 1.165) is 29.0 Å². The lowest BCUT2D eigenvalue weighted by atomic mass is 10.2. The van der Waals surface area contributed by atoms with Gasteiger partial charge in [0.05, 0.1) is 11.9 Å². The van der Waals surface area contributed by atoms with Crippen LogP contribution in [0.2, 0.25) is 4.47 Å². The molecule has 0 spiro atoms. The predicted octanol–water partition coefficient (Wildman–Crippen LogP) is 2.55. The van der Waals surface area contributed by atoms with Crippen molar-refractivity contribution in [3.8, 4) is 0 Å². The lowest BCUT2D eigenvalue weighted by Gasteiger charge is -2.17. The van der Waals surface area contributed by atoms with Crippen molar-refractivity contribution in [3.63, 3.8) is 0 Å². The van der Waals surface area contributed by atoms with Crippen LogP contribution < -0.4 is 4.31 Å². The zero-order valence-electron chi connectivity index (χ0n) is 9.21. The third kappa shape index (κ3) is 1.81. The van der Waals surface area contributed by atoms with Crippen LogP contribution in [0.5, 0.6) is 0 Å². The number of hydrogen-bond acceptors (Lipinski definition) is 4. The fourth-order valence-corrected chi connectivity index (χ4v) is 4.94. The molecule has 0 saturated heterocycles. The highest BCUT2D eigenvalue weighted by molar-refractivity contribution is 7.94. The molecule has 4 nitrogen and oxygen atoms in total. The second-order valence-corrected chi connectivity index (χ2v) is 7.59. The SMILES string of the molecule is O=S(=O)(c1cnc(Cl)s1)N1CCc2ccccc21. The molecule has 3 rings (SSSR count). The van der Waals surface area contributed by atoms with Gasteiger partial charge in [-0.05, 0) is 18.1 Å². The van der Waals surface area contributed by atoms with Crippen molar-refractivity contribution in [2.24, 2.45) is 0 Å². The molecule has 0 amide bonds. The Hall–Kier alpha value is -1.11. The Morgan fingerprint density at radius 1 is 1.33 bits per heavy atom. The van der Waals surface area contributed by atoms with Gasteiger partial charge in [0.15, 0.2) is 8.68 Å². The van der Waals surface area contributed by atoms with E-state index in [1.54, 1.807) is 0 Å². The highest BCUT2D eigenvalue weighted by Gasteiger charge is 2.31. The zero-order chi connectivity index (χ0) is 12.8. The molecular formula is C11H9ClN2O2S2. The minimum atomic E-state index is -3.53. The zero-order valence-corrected chi connectivity index (χ0v) is 11.6. The van der Waals surface area contributed by atoms with Crippen molar-refractivity contribution >= 4 is 38.6 Å². The average molecular weight is 301 g/mol. The summed E-state index contributed by atoms with van der Waals surface area (Å²) in [7, 11) is -3.53. The van der Waals surface area contributed by atoms with E-state index in [9.17, 15) is 8.42 Å². The molecule has 0 unspecified atom stereocenters. The maximum absolute atomic E-state index is 12.4. The molecular weight excluding hydrogens is 292 g/mol. The Kier molecular flexibility index (Phi) is 2.80. The normalized spacial score (nSPS) is 14.8. The number of aromatic nitrogens is 1. The molecule has 1 aliphatic heterocycles. The number of para-hydroxylation sites is 1. The Balaban J connectivity index is 2.07. The van der Waals surface area contributed by atoms with Crippen LogP contribution in [0.25, 0.3) is 0 Å². The first-order chi connectivity index (χ1) is 8.59. The van der Waals surface area contributed by atoms with Crippen LogP contribution in [0.3, 0.4) is 0 Å². The van der Waals surface area contributed by atoms with Gasteiger partial charge in [-0.15, -0.1) is 0 Å². The quantitative estimate of drug-likeness (QED) is 0.856. The fourth-order valence-electron chi connectivity index (χ4n) is 2.02. The van der Waals surface area contributed by atoms with E-state index >= 15 is 0 Å². The number of benzene rings is 1. The van der Waals surface area contributed by atoms with Crippen molar-refractivity contribution < 1.29 is 8.42 Å². The first-order valence-electron chi connectivity index (χ1n) is 5.31. The van der Waals surface area contributed by atoms with Gasteiger partial charge in [0.25, 0.3) is 10.0 Å². The van der Waals surface area contributed by atoms with Crippen molar-refractivity contribution in [3.05, 3.63) is 40.5 Å². The van der Waals surface area contributed by atoms with Crippen LogP contribution in [-0.4, -0.2) is 19.9 Å². The molecule has 1 aliphatic rings. The number of thiazole rings is 1. The van der Waals surface area contributed by atoms with Crippen LogP contribution in [0, 0.1) is 0 Å².